The van der Waals surface area contributed by atoms with Crippen LogP contribution >= 0.6 is 0 Å². The molecule has 2 atom stereocenters. The van der Waals surface area contributed by atoms with E-state index in [1.54, 1.807) is 6.92 Å². The number of anilines is 1. The second-order valence-electron chi connectivity index (χ2n) is 9.09. The quantitative estimate of drug-likeness (QED) is 0.809. The molecule has 2 aliphatic rings. The van der Waals surface area contributed by atoms with Crippen molar-refractivity contribution in [2.45, 2.75) is 58.6 Å². The minimum absolute atomic E-state index is 0.0165. The Labute approximate surface area is 176 Å². The molecule has 6 nitrogen and oxygen atoms in total. The molecule has 0 radical (unpaired) electrons. The number of hydrogen-bond acceptors (Lipinski definition) is 5. The van der Waals surface area contributed by atoms with Gasteiger partial charge >= 0.3 is 0 Å². The fourth-order valence-corrected chi connectivity index (χ4v) is 4.29. The number of rotatable bonds is 5. The highest BCUT2D eigenvalue weighted by molar-refractivity contribution is 5.81. The Hall–Kier alpha value is -2.70. The largest absolute Gasteiger partial charge is 0.481 e. The summed E-state index contributed by atoms with van der Waals surface area (Å²) in [6.45, 7) is 8.10. The lowest BCUT2D eigenvalue weighted by Crippen LogP contribution is -2.42. The standard InChI is InChI=1S/C23H29FN4O2/c1-15(30-17-8-6-16(24)7-9-17)21(29)26-19-12-23(2,3)13-20-18(19)14-25-22(27-20)28-10-4-5-11-28/h6-9,14-15,19H,4-5,10-13H2,1-3H3,(H,26,29)/t15-,19+/m0/s1. The zero-order chi connectivity index (χ0) is 21.3. The molecule has 1 saturated heterocycles. The number of ether oxygens (including phenoxy) is 1. The van der Waals surface area contributed by atoms with Crippen molar-refractivity contribution in [3.05, 3.63) is 47.5 Å². The van der Waals surface area contributed by atoms with Crippen LogP contribution in [0.1, 0.15) is 57.3 Å². The van der Waals surface area contributed by atoms with E-state index in [2.05, 4.69) is 29.0 Å². The molecule has 1 amide bonds. The summed E-state index contributed by atoms with van der Waals surface area (Å²) in [5.74, 6) is 0.703. The topological polar surface area (TPSA) is 67.3 Å². The maximum Gasteiger partial charge on any atom is 0.261 e. The number of nitrogens with zero attached hydrogens (tertiary/aromatic N) is 3. The van der Waals surface area contributed by atoms with Crippen molar-refractivity contribution in [2.75, 3.05) is 18.0 Å². The molecule has 0 unspecified atom stereocenters. The van der Waals surface area contributed by atoms with Gasteiger partial charge in [0.1, 0.15) is 11.6 Å². The number of amides is 1. The van der Waals surface area contributed by atoms with Gasteiger partial charge in [0.2, 0.25) is 5.95 Å². The minimum Gasteiger partial charge on any atom is -0.481 e. The van der Waals surface area contributed by atoms with Crippen molar-refractivity contribution < 1.29 is 13.9 Å². The first kappa shape index (κ1) is 20.6. The summed E-state index contributed by atoms with van der Waals surface area (Å²) in [6.07, 6.45) is 5.20. The number of halogens is 1. The lowest BCUT2D eigenvalue weighted by atomic mass is 9.74. The number of benzene rings is 1. The van der Waals surface area contributed by atoms with Crippen molar-refractivity contribution in [1.29, 1.82) is 0 Å². The summed E-state index contributed by atoms with van der Waals surface area (Å²) < 4.78 is 18.8. The predicted molar refractivity (Wildman–Crippen MR) is 113 cm³/mol. The van der Waals surface area contributed by atoms with E-state index in [0.29, 0.717) is 5.75 Å². The second-order valence-corrected chi connectivity index (χ2v) is 9.09. The molecular weight excluding hydrogens is 383 g/mol. The number of carbonyl (C=O) groups is 1. The maximum atomic E-state index is 13.1. The van der Waals surface area contributed by atoms with Gasteiger partial charge in [-0.2, -0.15) is 0 Å². The highest BCUT2D eigenvalue weighted by Gasteiger charge is 2.35. The molecule has 4 rings (SSSR count). The van der Waals surface area contributed by atoms with Crippen molar-refractivity contribution in [3.63, 3.8) is 0 Å². The van der Waals surface area contributed by atoms with Crippen LogP contribution < -0.4 is 15.0 Å². The van der Waals surface area contributed by atoms with Crippen LogP contribution in [0.3, 0.4) is 0 Å². The number of aromatic nitrogens is 2. The van der Waals surface area contributed by atoms with E-state index in [1.807, 2.05) is 6.20 Å². The molecule has 2 heterocycles. The van der Waals surface area contributed by atoms with Gasteiger partial charge in [-0.05, 0) is 62.3 Å². The van der Waals surface area contributed by atoms with Crippen LogP contribution in [0.4, 0.5) is 10.3 Å². The summed E-state index contributed by atoms with van der Waals surface area (Å²) in [6, 6.07) is 5.50. The van der Waals surface area contributed by atoms with Gasteiger partial charge in [-0.25, -0.2) is 14.4 Å². The minimum atomic E-state index is -0.700. The Morgan fingerprint density at radius 2 is 1.97 bits per heavy atom. The Morgan fingerprint density at radius 3 is 2.67 bits per heavy atom. The molecule has 1 aromatic carbocycles. The monoisotopic (exact) mass is 412 g/mol. The van der Waals surface area contributed by atoms with E-state index in [0.717, 1.165) is 43.1 Å². The molecule has 7 heteroatoms. The van der Waals surface area contributed by atoms with Gasteiger partial charge in [-0.1, -0.05) is 13.8 Å². The summed E-state index contributed by atoms with van der Waals surface area (Å²) in [5, 5.41) is 3.12. The van der Waals surface area contributed by atoms with Gasteiger partial charge in [-0.15, -0.1) is 0 Å². The zero-order valence-electron chi connectivity index (χ0n) is 17.8. The van der Waals surface area contributed by atoms with E-state index in [1.165, 1.54) is 37.1 Å². The third kappa shape index (κ3) is 4.55. The summed E-state index contributed by atoms with van der Waals surface area (Å²) in [4.78, 5) is 24.5. The van der Waals surface area contributed by atoms with E-state index < -0.39 is 6.10 Å². The SMILES string of the molecule is C[C@H](Oc1ccc(F)cc1)C(=O)N[C@@H]1CC(C)(C)Cc2nc(N3CCCC3)ncc21. The van der Waals surface area contributed by atoms with Crippen LogP contribution in [0.25, 0.3) is 0 Å². The number of hydrogen-bond donors (Lipinski definition) is 1. The van der Waals surface area contributed by atoms with Crippen molar-refractivity contribution >= 4 is 11.9 Å². The lowest BCUT2D eigenvalue weighted by Gasteiger charge is -2.37. The van der Waals surface area contributed by atoms with E-state index >= 15 is 0 Å². The summed E-state index contributed by atoms with van der Waals surface area (Å²) >= 11 is 0. The Kier molecular flexibility index (Phi) is 5.62. The zero-order valence-corrected chi connectivity index (χ0v) is 17.8. The smallest absolute Gasteiger partial charge is 0.261 e. The average molecular weight is 413 g/mol. The lowest BCUT2D eigenvalue weighted by molar-refractivity contribution is -0.128. The highest BCUT2D eigenvalue weighted by Crippen LogP contribution is 2.40. The van der Waals surface area contributed by atoms with Gasteiger partial charge in [0.15, 0.2) is 6.10 Å². The normalized spacial score (nSPS) is 21.1. The predicted octanol–water partition coefficient (Wildman–Crippen LogP) is 3.81. The van der Waals surface area contributed by atoms with Crippen LogP contribution in [-0.4, -0.2) is 35.1 Å². The van der Waals surface area contributed by atoms with Crippen LogP contribution in [0.5, 0.6) is 5.75 Å². The third-order valence-corrected chi connectivity index (χ3v) is 5.87. The maximum absolute atomic E-state index is 13.1. The Balaban J connectivity index is 1.49. The average Bonchev–Trinajstić information content (AvgIpc) is 3.23. The highest BCUT2D eigenvalue weighted by atomic mass is 19.1. The van der Waals surface area contributed by atoms with E-state index in [9.17, 15) is 9.18 Å². The Morgan fingerprint density at radius 1 is 1.27 bits per heavy atom. The van der Waals surface area contributed by atoms with E-state index in [-0.39, 0.29) is 23.2 Å². The van der Waals surface area contributed by atoms with Gasteiger partial charge in [0, 0.05) is 24.8 Å². The fraction of sp³-hybridized carbons (Fsp3) is 0.522. The summed E-state index contributed by atoms with van der Waals surface area (Å²) in [7, 11) is 0. The second kappa shape index (κ2) is 8.20. The molecule has 1 fully saturated rings. The van der Waals surface area contributed by atoms with Crippen molar-refractivity contribution in [3.8, 4) is 5.75 Å². The number of nitrogens with one attached hydrogen (secondary N) is 1. The molecule has 160 valence electrons. The molecule has 1 aliphatic heterocycles. The van der Waals surface area contributed by atoms with Gasteiger partial charge in [-0.3, -0.25) is 4.79 Å². The molecular formula is C23H29FN4O2. The first-order valence-corrected chi connectivity index (χ1v) is 10.6. The molecule has 2 aromatic rings. The number of fused-ring (bicyclic) bond motifs is 1. The molecule has 0 bridgehead atoms. The molecule has 1 aromatic heterocycles. The van der Waals surface area contributed by atoms with Gasteiger partial charge in [0.25, 0.3) is 5.91 Å². The van der Waals surface area contributed by atoms with Crippen LogP contribution in [0.15, 0.2) is 30.5 Å². The molecule has 0 saturated carbocycles. The third-order valence-electron chi connectivity index (χ3n) is 5.87. The van der Waals surface area contributed by atoms with Crippen LogP contribution in [-0.2, 0) is 11.2 Å². The van der Waals surface area contributed by atoms with Gasteiger partial charge < -0.3 is 15.0 Å². The Bertz CT molecular complexity index is 910. The summed E-state index contributed by atoms with van der Waals surface area (Å²) in [5.41, 5.74) is 2.02. The first-order valence-electron chi connectivity index (χ1n) is 10.6. The first-order chi connectivity index (χ1) is 14.3. The molecule has 1 aliphatic carbocycles. The fourth-order valence-electron chi connectivity index (χ4n) is 4.29. The van der Waals surface area contributed by atoms with Gasteiger partial charge in [0.05, 0.1) is 11.7 Å². The molecule has 30 heavy (non-hydrogen) atoms. The van der Waals surface area contributed by atoms with Crippen LogP contribution in [0.2, 0.25) is 0 Å². The molecule has 0 spiro atoms. The number of carbonyl (C=O) groups excluding carboxylic acids is 1. The van der Waals surface area contributed by atoms with Crippen molar-refractivity contribution in [1.82, 2.24) is 15.3 Å². The van der Waals surface area contributed by atoms with Crippen LogP contribution in [0, 0.1) is 11.2 Å². The van der Waals surface area contributed by atoms with E-state index in [4.69, 9.17) is 9.72 Å². The van der Waals surface area contributed by atoms with Crippen molar-refractivity contribution in [2.24, 2.45) is 5.41 Å². The molecule has 1 N–H and O–H groups in total.